The van der Waals surface area contributed by atoms with E-state index in [-0.39, 0.29) is 5.41 Å². The van der Waals surface area contributed by atoms with Crippen LogP contribution in [0.15, 0.2) is 72.8 Å². The highest BCUT2D eigenvalue weighted by Gasteiger charge is 2.45. The Labute approximate surface area is 183 Å². The minimum Gasteiger partial charge on any atom is -0.126 e. The zero-order chi connectivity index (χ0) is 19.8. The van der Waals surface area contributed by atoms with Crippen LogP contribution < -0.4 is 0 Å². The number of fused-ring (bicyclic) bond motifs is 3. The van der Waals surface area contributed by atoms with Crippen molar-refractivity contribution in [2.24, 2.45) is 11.3 Å². The highest BCUT2D eigenvalue weighted by atomic mass is 35.8. The largest absolute Gasteiger partial charge is 0.341 e. The number of hydrogen-bond donors (Lipinski definition) is 0. The van der Waals surface area contributed by atoms with Gasteiger partial charge in [0, 0.05) is 11.8 Å². The molecular formula is C24H25Cl3Si. The van der Waals surface area contributed by atoms with Crippen LogP contribution in [0.5, 0.6) is 0 Å². The first-order valence-corrected chi connectivity index (χ1v) is 15.2. The second-order valence-electron chi connectivity index (χ2n) is 8.23. The van der Waals surface area contributed by atoms with Gasteiger partial charge in [-0.15, -0.1) is 33.2 Å². The van der Waals surface area contributed by atoms with Gasteiger partial charge < -0.3 is 0 Å². The molecule has 0 fully saturated rings. The Bertz CT molecular complexity index is 855. The van der Waals surface area contributed by atoms with E-state index in [0.29, 0.717) is 11.8 Å². The first kappa shape index (κ1) is 20.3. The molecule has 0 heterocycles. The van der Waals surface area contributed by atoms with Crippen LogP contribution in [0.1, 0.15) is 43.2 Å². The molecule has 0 aromatic heterocycles. The fraction of sp³-hybridized carbons (Fsp3) is 0.333. The molecule has 0 radical (unpaired) electrons. The SMILES string of the molecule is CC(CCCC[Si](Cl)(Cl)Cl)(C1C=CC=C1)C1c2ccccc2-c2ccccc21. The van der Waals surface area contributed by atoms with Gasteiger partial charge in [-0.3, -0.25) is 0 Å². The highest BCUT2D eigenvalue weighted by molar-refractivity contribution is 7.64. The summed E-state index contributed by atoms with van der Waals surface area (Å²) in [7, 11) is 0. The predicted octanol–water partition coefficient (Wildman–Crippen LogP) is 8.37. The molecule has 28 heavy (non-hydrogen) atoms. The van der Waals surface area contributed by atoms with Crippen molar-refractivity contribution in [1.29, 1.82) is 0 Å². The summed E-state index contributed by atoms with van der Waals surface area (Å²) in [5, 5.41) is 0. The van der Waals surface area contributed by atoms with Crippen molar-refractivity contribution in [2.75, 3.05) is 0 Å². The van der Waals surface area contributed by atoms with Crippen LogP contribution in [0.3, 0.4) is 0 Å². The van der Waals surface area contributed by atoms with Gasteiger partial charge >= 0.3 is 6.00 Å². The Morgan fingerprint density at radius 3 is 1.89 bits per heavy atom. The van der Waals surface area contributed by atoms with Gasteiger partial charge in [0.05, 0.1) is 0 Å². The van der Waals surface area contributed by atoms with Gasteiger partial charge in [-0.25, -0.2) is 0 Å². The van der Waals surface area contributed by atoms with E-state index in [1.54, 1.807) is 0 Å². The van der Waals surface area contributed by atoms with Gasteiger partial charge in [0.15, 0.2) is 0 Å². The van der Waals surface area contributed by atoms with Crippen LogP contribution in [0.2, 0.25) is 6.04 Å². The Kier molecular flexibility index (Phi) is 5.82. The summed E-state index contributed by atoms with van der Waals surface area (Å²) >= 11 is 18.4. The van der Waals surface area contributed by atoms with E-state index in [1.165, 1.54) is 22.3 Å². The zero-order valence-electron chi connectivity index (χ0n) is 16.0. The van der Waals surface area contributed by atoms with Crippen molar-refractivity contribution < 1.29 is 0 Å². The normalized spacial score (nSPS) is 18.3. The lowest BCUT2D eigenvalue weighted by Crippen LogP contribution is -2.32. The van der Waals surface area contributed by atoms with Crippen LogP contribution in [0, 0.1) is 11.3 Å². The summed E-state index contributed by atoms with van der Waals surface area (Å²) in [6.07, 6.45) is 12.2. The van der Waals surface area contributed by atoms with E-state index in [4.69, 9.17) is 33.2 Å². The minimum atomic E-state index is -2.54. The summed E-state index contributed by atoms with van der Waals surface area (Å²) in [4.78, 5) is 0. The van der Waals surface area contributed by atoms with E-state index in [9.17, 15) is 0 Å². The summed E-state index contributed by atoms with van der Waals surface area (Å²) in [6, 6.07) is 16.0. The molecule has 0 amide bonds. The average Bonchev–Trinajstić information content (AvgIpc) is 3.31. The molecule has 0 nitrogen and oxygen atoms in total. The van der Waals surface area contributed by atoms with Gasteiger partial charge in [-0.1, -0.05) is 92.6 Å². The molecule has 0 spiro atoms. The molecule has 4 heteroatoms. The zero-order valence-corrected chi connectivity index (χ0v) is 19.3. The van der Waals surface area contributed by atoms with Crippen LogP contribution in [0.4, 0.5) is 0 Å². The van der Waals surface area contributed by atoms with E-state index in [0.717, 1.165) is 25.3 Å². The smallest absolute Gasteiger partial charge is 0.126 e. The molecule has 0 aliphatic heterocycles. The highest BCUT2D eigenvalue weighted by Crippen LogP contribution is 2.58. The molecule has 1 unspecified atom stereocenters. The Balaban J connectivity index is 1.71. The van der Waals surface area contributed by atoms with Crippen LogP contribution in [0.25, 0.3) is 11.1 Å². The van der Waals surface area contributed by atoms with Crippen LogP contribution in [-0.2, 0) is 0 Å². The van der Waals surface area contributed by atoms with Gasteiger partial charge in [0.2, 0.25) is 0 Å². The van der Waals surface area contributed by atoms with Crippen molar-refractivity contribution in [3.63, 3.8) is 0 Å². The number of halogens is 3. The van der Waals surface area contributed by atoms with Crippen LogP contribution >= 0.6 is 33.2 Å². The molecule has 2 aromatic carbocycles. The minimum absolute atomic E-state index is 0.0847. The molecule has 0 saturated carbocycles. The van der Waals surface area contributed by atoms with Gasteiger partial charge in [0.1, 0.15) is 0 Å². The van der Waals surface area contributed by atoms with E-state index >= 15 is 0 Å². The van der Waals surface area contributed by atoms with Crippen molar-refractivity contribution in [3.8, 4) is 11.1 Å². The first-order valence-electron chi connectivity index (χ1n) is 10.0. The summed E-state index contributed by atoms with van der Waals surface area (Å²) in [5.74, 6) is 0.795. The molecule has 146 valence electrons. The monoisotopic (exact) mass is 446 g/mol. The molecule has 0 saturated heterocycles. The van der Waals surface area contributed by atoms with Crippen molar-refractivity contribution >= 4 is 39.2 Å². The second kappa shape index (κ2) is 8.03. The molecule has 2 aliphatic rings. The van der Waals surface area contributed by atoms with Crippen molar-refractivity contribution in [2.45, 2.75) is 38.1 Å². The Morgan fingerprint density at radius 1 is 0.821 bits per heavy atom. The fourth-order valence-electron chi connectivity index (χ4n) is 5.07. The third kappa shape index (κ3) is 3.87. The lowest BCUT2D eigenvalue weighted by molar-refractivity contribution is 0.206. The molecule has 0 bridgehead atoms. The maximum absolute atomic E-state index is 6.12. The maximum atomic E-state index is 6.12. The number of rotatable bonds is 7. The topological polar surface area (TPSA) is 0 Å². The molecule has 2 aliphatic carbocycles. The molecule has 1 atom stereocenters. The molecule has 0 N–H and O–H groups in total. The van der Waals surface area contributed by atoms with Crippen molar-refractivity contribution in [1.82, 2.24) is 0 Å². The summed E-state index contributed by atoms with van der Waals surface area (Å²) in [5.41, 5.74) is 5.76. The Morgan fingerprint density at radius 2 is 1.36 bits per heavy atom. The number of unbranched alkanes of at least 4 members (excludes halogenated alkanes) is 1. The van der Waals surface area contributed by atoms with E-state index in [1.807, 2.05) is 0 Å². The van der Waals surface area contributed by atoms with Crippen molar-refractivity contribution in [3.05, 3.63) is 84.0 Å². The molecular weight excluding hydrogens is 423 g/mol. The Hall–Kier alpha value is -0.993. The number of allylic oxidation sites excluding steroid dienone is 4. The predicted molar refractivity (Wildman–Crippen MR) is 126 cm³/mol. The quantitative estimate of drug-likeness (QED) is 0.227. The number of benzene rings is 2. The lowest BCUT2D eigenvalue weighted by Gasteiger charge is -2.41. The van der Waals surface area contributed by atoms with Crippen LogP contribution in [-0.4, -0.2) is 6.00 Å². The summed E-state index contributed by atoms with van der Waals surface area (Å²) in [6.45, 7) is 2.45. The van der Waals surface area contributed by atoms with E-state index in [2.05, 4.69) is 79.8 Å². The summed E-state index contributed by atoms with van der Waals surface area (Å²) < 4.78 is 0. The van der Waals surface area contributed by atoms with Gasteiger partial charge in [0.25, 0.3) is 0 Å². The lowest BCUT2D eigenvalue weighted by atomic mass is 9.62. The molecule has 2 aromatic rings. The third-order valence-corrected chi connectivity index (χ3v) is 9.05. The van der Waals surface area contributed by atoms with Gasteiger partial charge in [-0.05, 0) is 40.1 Å². The third-order valence-electron chi connectivity index (χ3n) is 6.43. The number of hydrogen-bond acceptors (Lipinski definition) is 0. The maximum Gasteiger partial charge on any atom is 0.341 e. The average molecular weight is 448 g/mol. The fourth-order valence-corrected chi connectivity index (χ4v) is 6.93. The van der Waals surface area contributed by atoms with E-state index < -0.39 is 6.00 Å². The molecule has 4 rings (SSSR count). The van der Waals surface area contributed by atoms with Gasteiger partial charge in [-0.2, -0.15) is 0 Å². The second-order valence-corrected chi connectivity index (χ2v) is 17.5. The standard InChI is InChI=1S/C24H25Cl3Si/c1-24(18-10-2-3-11-18,16-8-9-17-28(25,26)27)23-21-14-6-4-12-19(21)20-13-5-7-15-22(20)23/h2-7,10-15,18,23H,8-9,16-17H2,1H3. The first-order chi connectivity index (χ1) is 13.4.